The Kier molecular flexibility index (Phi) is 20.8. The standard InChI is InChI=1S/C18H35.K/c1-3-5-7-9-11-13-15-17-18-16-14-12-10-8-6-4-2;/h17-18H,1,3-16H2,2H3;/b18-17-;. The summed E-state index contributed by atoms with van der Waals surface area (Å²) in [6.45, 7) is 2.29. The van der Waals surface area contributed by atoms with E-state index in [4.69, 9.17) is 0 Å². The summed E-state index contributed by atoms with van der Waals surface area (Å²) < 4.78 is 1.55. The molecule has 108 valence electrons. The zero-order valence-corrected chi connectivity index (χ0v) is 16.9. The molecule has 0 saturated heterocycles. The molecule has 0 amide bonds. The summed E-state index contributed by atoms with van der Waals surface area (Å²) in [7, 11) is 0. The van der Waals surface area contributed by atoms with Gasteiger partial charge in [-0.1, -0.05) is 39.0 Å². The minimum atomic E-state index is 1.09. The molecule has 0 aliphatic heterocycles. The van der Waals surface area contributed by atoms with Crippen molar-refractivity contribution >= 4 is 49.0 Å². The summed E-state index contributed by atoms with van der Waals surface area (Å²) in [5.74, 6) is 0. The van der Waals surface area contributed by atoms with Crippen LogP contribution >= 0.6 is 0 Å². The van der Waals surface area contributed by atoms with Gasteiger partial charge in [-0.3, -0.25) is 0 Å². The van der Waals surface area contributed by atoms with E-state index in [9.17, 15) is 0 Å². The maximum absolute atomic E-state index is 2.42. The topological polar surface area (TPSA) is 0 Å². The fraction of sp³-hybridized carbons (Fsp3) is 0.889. The Balaban J connectivity index is 3.01. The molecule has 0 aliphatic rings. The Morgan fingerprint density at radius 1 is 0.579 bits per heavy atom. The Morgan fingerprint density at radius 3 is 1.47 bits per heavy atom. The average molecular weight is 291 g/mol. The molecule has 0 nitrogen and oxygen atoms in total. The quantitative estimate of drug-likeness (QED) is 0.181. The predicted octanol–water partition coefficient (Wildman–Crippen LogP) is 6.61. The van der Waals surface area contributed by atoms with Crippen LogP contribution in [-0.4, -0.2) is 49.0 Å². The van der Waals surface area contributed by atoms with Gasteiger partial charge in [-0.05, 0) is 0 Å². The van der Waals surface area contributed by atoms with E-state index >= 15 is 0 Å². The van der Waals surface area contributed by atoms with Gasteiger partial charge < -0.3 is 0 Å². The molecule has 0 rings (SSSR count). The average Bonchev–Trinajstić information content (AvgIpc) is 2.43. The summed E-state index contributed by atoms with van der Waals surface area (Å²) in [4.78, 5) is 0. The van der Waals surface area contributed by atoms with Gasteiger partial charge in [0.05, 0.1) is 0 Å². The molecule has 19 heavy (non-hydrogen) atoms. The first kappa shape index (κ1) is 20.4. The summed E-state index contributed by atoms with van der Waals surface area (Å²) >= 11 is 1.09. The van der Waals surface area contributed by atoms with Crippen molar-refractivity contribution in [3.05, 3.63) is 12.2 Å². The third-order valence-corrected chi connectivity index (χ3v) is 4.97. The Morgan fingerprint density at radius 2 is 1.00 bits per heavy atom. The fourth-order valence-corrected chi connectivity index (χ4v) is 3.28. The molecule has 0 spiro atoms. The summed E-state index contributed by atoms with van der Waals surface area (Å²) in [6.07, 6.45) is 24.8. The molecule has 0 aromatic rings. The molecule has 0 saturated carbocycles. The van der Waals surface area contributed by atoms with E-state index in [0.29, 0.717) is 0 Å². The number of rotatable bonds is 15. The van der Waals surface area contributed by atoms with Gasteiger partial charge in [-0.15, -0.1) is 0 Å². The van der Waals surface area contributed by atoms with E-state index in [1.165, 1.54) is 89.9 Å². The fourth-order valence-electron chi connectivity index (χ4n) is 2.50. The molecule has 0 fully saturated rings. The van der Waals surface area contributed by atoms with Crippen LogP contribution in [0.1, 0.15) is 96.8 Å². The Hall–Kier alpha value is 1.38. The first-order chi connectivity index (χ1) is 9.41. The van der Waals surface area contributed by atoms with E-state index in [0.717, 1.165) is 49.0 Å². The summed E-state index contributed by atoms with van der Waals surface area (Å²) in [5, 5.41) is 0. The van der Waals surface area contributed by atoms with Crippen LogP contribution in [0.2, 0.25) is 0.515 Å². The molecular weight excluding hydrogens is 255 g/mol. The van der Waals surface area contributed by atoms with E-state index in [2.05, 4.69) is 19.1 Å². The number of unbranched alkanes of at least 4 members (excludes halogenated alkanes) is 12. The van der Waals surface area contributed by atoms with Gasteiger partial charge in [-0.2, -0.15) is 0 Å². The van der Waals surface area contributed by atoms with Crippen molar-refractivity contribution in [1.29, 1.82) is 0 Å². The van der Waals surface area contributed by atoms with Crippen molar-refractivity contribution in [2.45, 2.75) is 97.3 Å². The van der Waals surface area contributed by atoms with E-state index in [-0.39, 0.29) is 0 Å². The zero-order chi connectivity index (χ0) is 14.0. The first-order valence-electron chi connectivity index (χ1n) is 9.06. The van der Waals surface area contributed by atoms with Crippen LogP contribution in [-0.2, 0) is 0 Å². The number of hydrogen-bond acceptors (Lipinski definition) is 0. The van der Waals surface area contributed by atoms with E-state index in [1.807, 2.05) is 0 Å². The van der Waals surface area contributed by atoms with Crippen molar-refractivity contribution in [2.24, 2.45) is 0 Å². The van der Waals surface area contributed by atoms with E-state index < -0.39 is 0 Å². The third-order valence-electron chi connectivity index (χ3n) is 3.87. The van der Waals surface area contributed by atoms with Crippen LogP contribution in [0.15, 0.2) is 12.2 Å². The maximum atomic E-state index is 2.42. The molecule has 0 bridgehead atoms. The van der Waals surface area contributed by atoms with Gasteiger partial charge in [0.1, 0.15) is 0 Å². The molecule has 0 aromatic heterocycles. The normalized spacial score (nSPS) is 11.5. The molecule has 1 heteroatoms. The van der Waals surface area contributed by atoms with Crippen molar-refractivity contribution < 1.29 is 0 Å². The van der Waals surface area contributed by atoms with Crippen LogP contribution in [0.3, 0.4) is 0 Å². The number of allylic oxidation sites excluding steroid dienone is 2. The molecule has 0 N–H and O–H groups in total. The SMILES string of the molecule is CCCCCCCC/C=C\CCCCCCC[CH2][K]. The Labute approximate surface area is 156 Å². The number of hydrogen-bond donors (Lipinski definition) is 0. The summed E-state index contributed by atoms with van der Waals surface area (Å²) in [5.41, 5.74) is 0. The second-order valence-corrected chi connectivity index (χ2v) is 7.50. The van der Waals surface area contributed by atoms with Crippen LogP contribution in [0, 0.1) is 0 Å². The van der Waals surface area contributed by atoms with Gasteiger partial charge in [0.25, 0.3) is 0 Å². The van der Waals surface area contributed by atoms with Crippen molar-refractivity contribution in [1.82, 2.24) is 0 Å². The third kappa shape index (κ3) is 19.4. The molecule has 0 aromatic carbocycles. The minimum absolute atomic E-state index is 1.09. The molecular formula is C18H35K. The summed E-state index contributed by atoms with van der Waals surface area (Å²) in [6, 6.07) is 0. The van der Waals surface area contributed by atoms with E-state index in [1.54, 1.807) is 0.515 Å². The molecule has 0 unspecified atom stereocenters. The van der Waals surface area contributed by atoms with Gasteiger partial charge in [0.2, 0.25) is 0 Å². The monoisotopic (exact) mass is 290 g/mol. The molecule has 0 heterocycles. The van der Waals surface area contributed by atoms with Crippen molar-refractivity contribution in [3.63, 3.8) is 0 Å². The van der Waals surface area contributed by atoms with Crippen LogP contribution in [0.4, 0.5) is 0 Å². The zero-order valence-electron chi connectivity index (χ0n) is 13.8. The van der Waals surface area contributed by atoms with Crippen LogP contribution in [0.25, 0.3) is 0 Å². The second kappa shape index (κ2) is 19.4. The molecule has 0 aliphatic carbocycles. The Bertz CT molecular complexity index is 175. The van der Waals surface area contributed by atoms with Gasteiger partial charge in [0.15, 0.2) is 0 Å². The van der Waals surface area contributed by atoms with Gasteiger partial charge in [-0.25, -0.2) is 0 Å². The van der Waals surface area contributed by atoms with Crippen LogP contribution in [0.5, 0.6) is 0 Å². The van der Waals surface area contributed by atoms with Gasteiger partial charge >= 0.3 is 119 Å². The predicted molar refractivity (Wildman–Crippen MR) is 90.0 cm³/mol. The van der Waals surface area contributed by atoms with Crippen molar-refractivity contribution in [2.75, 3.05) is 0 Å². The first-order valence-corrected chi connectivity index (χ1v) is 11.3. The van der Waals surface area contributed by atoms with Crippen LogP contribution < -0.4 is 0 Å². The molecule has 0 radical (unpaired) electrons. The second-order valence-electron chi connectivity index (χ2n) is 5.94. The van der Waals surface area contributed by atoms with Crippen molar-refractivity contribution in [3.8, 4) is 0 Å². The molecule has 0 atom stereocenters. The van der Waals surface area contributed by atoms with Gasteiger partial charge in [0, 0.05) is 0 Å².